The van der Waals surface area contributed by atoms with Gasteiger partial charge in [-0.05, 0) is 69.3 Å². The molecule has 4 aromatic carbocycles. The number of hydrogen-bond donors (Lipinski definition) is 3. The summed E-state index contributed by atoms with van der Waals surface area (Å²) >= 11 is 0. The summed E-state index contributed by atoms with van der Waals surface area (Å²) in [4.78, 5) is -0.0576. The van der Waals surface area contributed by atoms with Crippen molar-refractivity contribution in [2.45, 2.75) is 11.3 Å². The monoisotopic (exact) mass is 428 g/mol. The summed E-state index contributed by atoms with van der Waals surface area (Å²) in [6, 6.07) is 24.1. The minimum absolute atomic E-state index is 0.0576. The normalized spacial score (nSPS) is 12.4. The molecule has 4 aromatic rings. The van der Waals surface area contributed by atoms with E-state index in [1.165, 1.54) is 0 Å². The van der Waals surface area contributed by atoms with Crippen LogP contribution < -0.4 is 11.5 Å². The summed E-state index contributed by atoms with van der Waals surface area (Å²) in [5.41, 5.74) is 19.0. The Kier molecular flexibility index (Phi) is 4.36. The zero-order valence-corrected chi connectivity index (χ0v) is 17.4. The fourth-order valence-corrected chi connectivity index (χ4v) is 5.33. The van der Waals surface area contributed by atoms with Gasteiger partial charge in [-0.25, -0.2) is 0 Å². The van der Waals surface area contributed by atoms with Crippen LogP contribution in [0.25, 0.3) is 33.4 Å². The topological polar surface area (TPSA) is 106 Å². The van der Waals surface area contributed by atoms with Gasteiger partial charge in [0.1, 0.15) is 4.90 Å². The van der Waals surface area contributed by atoms with Crippen molar-refractivity contribution in [2.75, 3.05) is 11.5 Å². The van der Waals surface area contributed by atoms with E-state index in [4.69, 9.17) is 11.5 Å². The van der Waals surface area contributed by atoms with Crippen LogP contribution in [0.15, 0.2) is 83.8 Å². The van der Waals surface area contributed by atoms with Crippen molar-refractivity contribution in [1.82, 2.24) is 0 Å². The number of benzene rings is 4. The third-order valence-electron chi connectivity index (χ3n) is 5.74. The van der Waals surface area contributed by atoms with Gasteiger partial charge in [-0.3, -0.25) is 4.55 Å². The molecule has 0 aliphatic heterocycles. The maximum Gasteiger partial charge on any atom is 0.295 e. The van der Waals surface area contributed by atoms with E-state index in [1.807, 2.05) is 42.5 Å². The molecule has 0 radical (unpaired) electrons. The Labute approximate surface area is 180 Å². The lowest BCUT2D eigenvalue weighted by atomic mass is 9.89. The molecule has 6 heteroatoms. The van der Waals surface area contributed by atoms with Gasteiger partial charge in [0.05, 0.1) is 0 Å². The molecule has 0 amide bonds. The molecule has 0 saturated carbocycles. The largest absolute Gasteiger partial charge is 0.399 e. The first-order valence-corrected chi connectivity index (χ1v) is 11.2. The fraction of sp³-hybridized carbons (Fsp3) is 0.0400. The van der Waals surface area contributed by atoms with Crippen molar-refractivity contribution in [3.8, 4) is 33.4 Å². The number of nitrogens with two attached hydrogens (primary N) is 2. The first-order chi connectivity index (χ1) is 14.8. The van der Waals surface area contributed by atoms with E-state index in [-0.39, 0.29) is 4.90 Å². The predicted molar refractivity (Wildman–Crippen MR) is 124 cm³/mol. The standard InChI is InChI=1S/C25H20N2O3S/c26-18-9-5-15(6-10-18)21-14-22-20-4-2-1-3-17(20)13-23(22)25(31(28,29)30)24(21)16-7-11-19(27)12-8-16/h1-12,14H,13,26-27H2,(H,28,29,30). The zero-order valence-electron chi connectivity index (χ0n) is 16.5. The first kappa shape index (κ1) is 19.4. The molecule has 0 unspecified atom stereocenters. The van der Waals surface area contributed by atoms with Crippen molar-refractivity contribution in [3.63, 3.8) is 0 Å². The average molecular weight is 429 g/mol. The lowest BCUT2D eigenvalue weighted by Crippen LogP contribution is -2.07. The molecule has 0 aromatic heterocycles. The fourth-order valence-electron chi connectivity index (χ4n) is 4.35. The van der Waals surface area contributed by atoms with Gasteiger partial charge in [0.15, 0.2) is 0 Å². The molecule has 154 valence electrons. The number of rotatable bonds is 3. The van der Waals surface area contributed by atoms with Crippen molar-refractivity contribution < 1.29 is 13.0 Å². The molecule has 0 spiro atoms. The summed E-state index contributed by atoms with van der Waals surface area (Å²) in [5.74, 6) is 0. The molecule has 5 nitrogen and oxygen atoms in total. The molecule has 0 heterocycles. The van der Waals surface area contributed by atoms with Crippen LogP contribution in [0.5, 0.6) is 0 Å². The van der Waals surface area contributed by atoms with Gasteiger partial charge in [-0.1, -0.05) is 48.5 Å². The summed E-state index contributed by atoms with van der Waals surface area (Å²) < 4.78 is 35.9. The van der Waals surface area contributed by atoms with E-state index in [0.29, 0.717) is 40.0 Å². The van der Waals surface area contributed by atoms with Crippen molar-refractivity contribution in [3.05, 3.63) is 90.0 Å². The molecule has 5 N–H and O–H groups in total. The lowest BCUT2D eigenvalue weighted by molar-refractivity contribution is 0.483. The van der Waals surface area contributed by atoms with Crippen LogP contribution in [0.4, 0.5) is 11.4 Å². The SMILES string of the molecule is Nc1ccc(-c2cc3c(c(S(=O)(=O)O)c2-c2ccc(N)cc2)Cc2ccccc2-3)cc1. The molecule has 1 aliphatic carbocycles. The quantitative estimate of drug-likeness (QED) is 0.277. The van der Waals surface area contributed by atoms with Gasteiger partial charge in [0.25, 0.3) is 10.1 Å². The molecule has 31 heavy (non-hydrogen) atoms. The summed E-state index contributed by atoms with van der Waals surface area (Å²) in [5, 5.41) is 0. The van der Waals surface area contributed by atoms with E-state index in [1.54, 1.807) is 36.4 Å². The molecule has 0 saturated heterocycles. The Morgan fingerprint density at radius 2 is 1.29 bits per heavy atom. The zero-order chi connectivity index (χ0) is 21.8. The molecule has 0 bridgehead atoms. The van der Waals surface area contributed by atoms with Gasteiger partial charge in [-0.15, -0.1) is 0 Å². The molecule has 5 rings (SSSR count). The second kappa shape index (κ2) is 6.97. The van der Waals surface area contributed by atoms with Crippen LogP contribution >= 0.6 is 0 Å². The molecule has 0 atom stereocenters. The summed E-state index contributed by atoms with van der Waals surface area (Å²) in [6.45, 7) is 0. The summed E-state index contributed by atoms with van der Waals surface area (Å²) in [6.07, 6.45) is 0.435. The highest BCUT2D eigenvalue weighted by atomic mass is 32.2. The van der Waals surface area contributed by atoms with E-state index < -0.39 is 10.1 Å². The minimum atomic E-state index is -4.53. The van der Waals surface area contributed by atoms with Crippen LogP contribution in [-0.4, -0.2) is 13.0 Å². The highest BCUT2D eigenvalue weighted by molar-refractivity contribution is 7.86. The van der Waals surface area contributed by atoms with Crippen LogP contribution in [-0.2, 0) is 16.5 Å². The van der Waals surface area contributed by atoms with Crippen LogP contribution in [0.1, 0.15) is 11.1 Å². The molecule has 0 fully saturated rings. The average Bonchev–Trinajstić information content (AvgIpc) is 3.11. The second-order valence-electron chi connectivity index (χ2n) is 7.71. The molecular formula is C25H20N2O3S. The Hall–Kier alpha value is -3.61. The smallest absolute Gasteiger partial charge is 0.295 e. The van der Waals surface area contributed by atoms with E-state index in [0.717, 1.165) is 22.3 Å². The number of fused-ring (bicyclic) bond motifs is 3. The van der Waals surface area contributed by atoms with Crippen LogP contribution in [0.2, 0.25) is 0 Å². The lowest BCUT2D eigenvalue weighted by Gasteiger charge is -2.19. The predicted octanol–water partition coefficient (Wildman–Crippen LogP) is 5.00. The van der Waals surface area contributed by atoms with Gasteiger partial charge in [0, 0.05) is 23.4 Å². The maximum absolute atomic E-state index is 12.8. The Bertz CT molecular complexity index is 1430. The third kappa shape index (κ3) is 3.26. The Morgan fingerprint density at radius 1 is 0.710 bits per heavy atom. The van der Waals surface area contributed by atoms with Gasteiger partial charge >= 0.3 is 0 Å². The number of anilines is 2. The van der Waals surface area contributed by atoms with Gasteiger partial charge < -0.3 is 11.5 Å². The Balaban J connectivity index is 1.93. The third-order valence-corrected chi connectivity index (χ3v) is 6.70. The van der Waals surface area contributed by atoms with Crippen molar-refractivity contribution >= 4 is 21.5 Å². The van der Waals surface area contributed by atoms with Crippen LogP contribution in [0.3, 0.4) is 0 Å². The highest BCUT2D eigenvalue weighted by Crippen LogP contribution is 2.48. The minimum Gasteiger partial charge on any atom is -0.399 e. The second-order valence-corrected chi connectivity index (χ2v) is 9.07. The summed E-state index contributed by atoms with van der Waals surface area (Å²) in [7, 11) is -4.53. The van der Waals surface area contributed by atoms with E-state index in [9.17, 15) is 13.0 Å². The molecule has 1 aliphatic rings. The molecular weight excluding hydrogens is 408 g/mol. The van der Waals surface area contributed by atoms with Crippen LogP contribution in [0, 0.1) is 0 Å². The first-order valence-electron chi connectivity index (χ1n) is 9.80. The van der Waals surface area contributed by atoms with Gasteiger partial charge in [0.2, 0.25) is 0 Å². The van der Waals surface area contributed by atoms with E-state index in [2.05, 4.69) is 0 Å². The highest BCUT2D eigenvalue weighted by Gasteiger charge is 2.31. The van der Waals surface area contributed by atoms with Crippen molar-refractivity contribution in [1.29, 1.82) is 0 Å². The Morgan fingerprint density at radius 3 is 1.90 bits per heavy atom. The van der Waals surface area contributed by atoms with Gasteiger partial charge in [-0.2, -0.15) is 8.42 Å². The number of nitrogen functional groups attached to an aromatic ring is 2. The number of hydrogen-bond acceptors (Lipinski definition) is 4. The van der Waals surface area contributed by atoms with Crippen molar-refractivity contribution in [2.24, 2.45) is 0 Å². The maximum atomic E-state index is 12.8. The van der Waals surface area contributed by atoms with E-state index >= 15 is 0 Å².